The van der Waals surface area contributed by atoms with Crippen molar-refractivity contribution in [3.05, 3.63) is 51.5 Å². The van der Waals surface area contributed by atoms with Crippen molar-refractivity contribution < 1.29 is 9.59 Å². The van der Waals surface area contributed by atoms with Crippen molar-refractivity contribution in [2.45, 2.75) is 26.2 Å². The number of ketones is 2. The molecule has 0 atom stereocenters. The van der Waals surface area contributed by atoms with Crippen molar-refractivity contribution in [3.63, 3.8) is 0 Å². The number of carbonyl (C=O) groups excluding carboxylic acids is 2. The molecule has 0 unspecified atom stereocenters. The molecule has 20 heavy (non-hydrogen) atoms. The van der Waals surface area contributed by atoms with Crippen molar-refractivity contribution in [1.82, 2.24) is 0 Å². The highest BCUT2D eigenvalue weighted by Crippen LogP contribution is 2.34. The van der Waals surface area contributed by atoms with Crippen LogP contribution in [0.25, 0.3) is 5.57 Å². The van der Waals surface area contributed by atoms with Crippen LogP contribution in [0.5, 0.6) is 0 Å². The number of unbranched alkanes of at least 4 members (excludes halogenated alkanes) is 1. The van der Waals surface area contributed by atoms with Gasteiger partial charge in [0.15, 0.2) is 0 Å². The van der Waals surface area contributed by atoms with Crippen LogP contribution in [0.3, 0.4) is 0 Å². The summed E-state index contributed by atoms with van der Waals surface area (Å²) in [5, 5.41) is 0.939. The van der Waals surface area contributed by atoms with Crippen LogP contribution in [0.4, 0.5) is 0 Å². The topological polar surface area (TPSA) is 34.1 Å². The first-order chi connectivity index (χ1) is 9.54. The maximum Gasteiger partial charge on any atom is 0.228 e. The summed E-state index contributed by atoms with van der Waals surface area (Å²) in [7, 11) is 0. The minimum atomic E-state index is -0.510. The molecule has 0 aromatic heterocycles. The summed E-state index contributed by atoms with van der Waals surface area (Å²) >= 11 is 12.3. The number of allylic oxidation sites excluding steroid dienone is 4. The summed E-state index contributed by atoms with van der Waals surface area (Å²) < 4.78 is 0. The Morgan fingerprint density at radius 2 is 1.70 bits per heavy atom. The van der Waals surface area contributed by atoms with Crippen molar-refractivity contribution in [1.29, 1.82) is 0 Å². The van der Waals surface area contributed by atoms with Crippen LogP contribution in [-0.2, 0) is 9.59 Å². The largest absolute Gasteiger partial charge is 0.286 e. The first-order valence-corrected chi connectivity index (χ1v) is 7.25. The standard InChI is InChI=1S/C16H14Cl2O2/c1-2-3-5-10-8-11(9-14(19)16(10)20)15-12(17)6-4-7-13(15)18/h4,6-9H,2-3,5H2,1H3. The van der Waals surface area contributed by atoms with E-state index in [1.807, 2.05) is 6.92 Å². The van der Waals surface area contributed by atoms with Gasteiger partial charge in [0.2, 0.25) is 11.6 Å². The number of hydrogen-bond acceptors (Lipinski definition) is 2. The Kier molecular flexibility index (Phi) is 4.79. The van der Waals surface area contributed by atoms with E-state index in [9.17, 15) is 9.59 Å². The Morgan fingerprint density at radius 1 is 1.05 bits per heavy atom. The van der Waals surface area contributed by atoms with E-state index in [2.05, 4.69) is 0 Å². The van der Waals surface area contributed by atoms with Crippen LogP contribution in [0, 0.1) is 0 Å². The second-order valence-corrected chi connectivity index (χ2v) is 5.48. The van der Waals surface area contributed by atoms with Gasteiger partial charge < -0.3 is 0 Å². The molecule has 0 N–H and O–H groups in total. The Morgan fingerprint density at radius 3 is 2.30 bits per heavy atom. The van der Waals surface area contributed by atoms with Gasteiger partial charge in [0.05, 0.1) is 0 Å². The number of rotatable bonds is 4. The van der Waals surface area contributed by atoms with E-state index in [-0.39, 0.29) is 0 Å². The lowest BCUT2D eigenvalue weighted by Crippen LogP contribution is -2.18. The highest BCUT2D eigenvalue weighted by atomic mass is 35.5. The summed E-state index contributed by atoms with van der Waals surface area (Å²) in [5.74, 6) is -0.935. The Balaban J connectivity index is 2.46. The number of benzene rings is 1. The minimum Gasteiger partial charge on any atom is -0.286 e. The summed E-state index contributed by atoms with van der Waals surface area (Å²) in [6, 6.07) is 5.17. The third-order valence-corrected chi connectivity index (χ3v) is 3.81. The highest BCUT2D eigenvalue weighted by Gasteiger charge is 2.24. The molecular weight excluding hydrogens is 295 g/mol. The molecule has 1 aliphatic carbocycles. The van der Waals surface area contributed by atoms with Gasteiger partial charge in [0.1, 0.15) is 0 Å². The van der Waals surface area contributed by atoms with Gasteiger partial charge in [-0.15, -0.1) is 0 Å². The Hall–Kier alpha value is -1.38. The van der Waals surface area contributed by atoms with Gasteiger partial charge in [-0.1, -0.05) is 42.6 Å². The maximum atomic E-state index is 11.8. The third kappa shape index (κ3) is 3.02. The summed E-state index contributed by atoms with van der Waals surface area (Å²) in [6.07, 6.45) is 5.47. The predicted octanol–water partition coefficient (Wildman–Crippen LogP) is 4.65. The zero-order valence-electron chi connectivity index (χ0n) is 11.1. The number of halogens is 2. The molecule has 1 aliphatic rings. The summed E-state index contributed by atoms with van der Waals surface area (Å²) in [5.41, 5.74) is 1.74. The SMILES string of the molecule is CCCCC1=CC(c2c(Cl)cccc2Cl)=CC(=O)C1=O. The molecule has 0 fully saturated rings. The molecule has 0 radical (unpaired) electrons. The zero-order chi connectivity index (χ0) is 14.7. The molecule has 0 saturated heterocycles. The van der Waals surface area contributed by atoms with E-state index in [1.54, 1.807) is 24.3 Å². The fourth-order valence-electron chi connectivity index (χ4n) is 2.13. The van der Waals surface area contributed by atoms with Crippen LogP contribution in [-0.4, -0.2) is 11.6 Å². The molecule has 0 amide bonds. The summed E-state index contributed by atoms with van der Waals surface area (Å²) in [4.78, 5) is 23.7. The van der Waals surface area contributed by atoms with Gasteiger partial charge >= 0.3 is 0 Å². The Bertz CT molecular complexity index is 607. The van der Waals surface area contributed by atoms with Crippen LogP contribution in [0.2, 0.25) is 10.0 Å². The molecule has 2 rings (SSSR count). The van der Waals surface area contributed by atoms with Crippen LogP contribution in [0.15, 0.2) is 35.9 Å². The first kappa shape index (κ1) is 15.0. The Labute approximate surface area is 128 Å². The van der Waals surface area contributed by atoms with Crippen molar-refractivity contribution in [2.24, 2.45) is 0 Å². The average molecular weight is 309 g/mol. The maximum absolute atomic E-state index is 11.8. The van der Waals surface area contributed by atoms with Gasteiger partial charge in [-0.05, 0) is 42.7 Å². The van der Waals surface area contributed by atoms with Crippen LogP contribution in [0.1, 0.15) is 31.7 Å². The second kappa shape index (κ2) is 6.38. The summed E-state index contributed by atoms with van der Waals surface area (Å²) in [6.45, 7) is 2.04. The average Bonchev–Trinajstić information content (AvgIpc) is 2.40. The van der Waals surface area contributed by atoms with Gasteiger partial charge in [-0.25, -0.2) is 0 Å². The normalized spacial score (nSPS) is 15.2. The quantitative estimate of drug-likeness (QED) is 0.599. The van der Waals surface area contributed by atoms with Crippen molar-refractivity contribution in [3.8, 4) is 0 Å². The smallest absolute Gasteiger partial charge is 0.228 e. The molecule has 0 spiro atoms. The van der Waals surface area contributed by atoms with E-state index in [1.165, 1.54) is 6.08 Å². The monoisotopic (exact) mass is 308 g/mol. The zero-order valence-corrected chi connectivity index (χ0v) is 12.6. The van der Waals surface area contributed by atoms with E-state index < -0.39 is 11.6 Å². The number of hydrogen-bond donors (Lipinski definition) is 0. The molecular formula is C16H14Cl2O2. The van der Waals surface area contributed by atoms with Crippen LogP contribution >= 0.6 is 23.2 Å². The fraction of sp³-hybridized carbons (Fsp3) is 0.250. The van der Waals surface area contributed by atoms with Gasteiger partial charge in [0.25, 0.3) is 0 Å². The van der Waals surface area contributed by atoms with Crippen molar-refractivity contribution >= 4 is 40.3 Å². The van der Waals surface area contributed by atoms with Gasteiger partial charge in [-0.2, -0.15) is 0 Å². The molecule has 4 heteroatoms. The second-order valence-electron chi connectivity index (χ2n) is 4.66. The minimum absolute atomic E-state index is 0.426. The molecule has 0 bridgehead atoms. The van der Waals surface area contributed by atoms with E-state index in [0.29, 0.717) is 33.2 Å². The first-order valence-electron chi connectivity index (χ1n) is 6.50. The molecule has 1 aromatic carbocycles. The van der Waals surface area contributed by atoms with E-state index in [0.717, 1.165) is 12.8 Å². The molecule has 0 heterocycles. The number of carbonyl (C=O) groups is 2. The van der Waals surface area contributed by atoms with Crippen molar-refractivity contribution in [2.75, 3.05) is 0 Å². The van der Waals surface area contributed by atoms with Gasteiger partial charge in [0, 0.05) is 21.2 Å². The van der Waals surface area contributed by atoms with E-state index in [4.69, 9.17) is 23.2 Å². The molecule has 1 aromatic rings. The van der Waals surface area contributed by atoms with Crippen LogP contribution < -0.4 is 0 Å². The lowest BCUT2D eigenvalue weighted by atomic mass is 9.90. The van der Waals surface area contributed by atoms with Gasteiger partial charge in [-0.3, -0.25) is 9.59 Å². The highest BCUT2D eigenvalue weighted by molar-refractivity contribution is 6.50. The number of Topliss-reactive ketones (excluding diaryl/α,β-unsaturated/α-hetero) is 1. The third-order valence-electron chi connectivity index (χ3n) is 3.18. The molecule has 2 nitrogen and oxygen atoms in total. The fourth-order valence-corrected chi connectivity index (χ4v) is 2.75. The van der Waals surface area contributed by atoms with E-state index >= 15 is 0 Å². The lowest BCUT2D eigenvalue weighted by Gasteiger charge is -2.14. The molecule has 0 saturated carbocycles. The lowest BCUT2D eigenvalue weighted by molar-refractivity contribution is -0.131. The molecule has 104 valence electrons. The molecule has 0 aliphatic heterocycles. The predicted molar refractivity (Wildman–Crippen MR) is 82.1 cm³/mol.